The third-order valence-corrected chi connectivity index (χ3v) is 3.94. The molecule has 0 radical (unpaired) electrons. The van der Waals surface area contributed by atoms with Crippen LogP contribution in [0.25, 0.3) is 0 Å². The second-order valence-electron chi connectivity index (χ2n) is 5.64. The van der Waals surface area contributed by atoms with Gasteiger partial charge in [-0.1, -0.05) is 37.3 Å². The highest BCUT2D eigenvalue weighted by molar-refractivity contribution is 5.24. The van der Waals surface area contributed by atoms with Gasteiger partial charge >= 0.3 is 0 Å². The molecule has 0 bridgehead atoms. The van der Waals surface area contributed by atoms with Gasteiger partial charge in [0.05, 0.1) is 5.69 Å². The minimum absolute atomic E-state index is 0.935. The van der Waals surface area contributed by atoms with Gasteiger partial charge in [-0.15, -0.1) is 0 Å². The number of aryl methyl sites for hydroxylation is 3. The van der Waals surface area contributed by atoms with E-state index in [1.807, 2.05) is 0 Å². The molecule has 0 fully saturated rings. The molecule has 1 N–H and O–H groups in total. The molecule has 0 aliphatic carbocycles. The smallest absolute Gasteiger partial charge is 0.0641 e. The zero-order chi connectivity index (χ0) is 15.1. The lowest BCUT2D eigenvalue weighted by molar-refractivity contribution is 0.560. The van der Waals surface area contributed by atoms with Crippen LogP contribution in [-0.2, 0) is 19.5 Å². The fraction of sp³-hybridized carbons (Fsp3) is 0.500. The molecule has 0 unspecified atom stereocenters. The first kappa shape index (κ1) is 15.8. The van der Waals surface area contributed by atoms with Crippen molar-refractivity contribution in [3.63, 3.8) is 0 Å². The van der Waals surface area contributed by atoms with Gasteiger partial charge in [-0.3, -0.25) is 4.68 Å². The molecule has 0 amide bonds. The van der Waals surface area contributed by atoms with Gasteiger partial charge < -0.3 is 5.32 Å². The van der Waals surface area contributed by atoms with E-state index < -0.39 is 0 Å². The van der Waals surface area contributed by atoms with E-state index in [1.165, 1.54) is 23.2 Å². The standard InChI is InChI=1S/C18H27N3/c1-4-12-19-14-18-15(2)20-21(16(18)3)13-8-11-17-9-6-5-7-10-17/h5-7,9-10,19H,4,8,11-14H2,1-3H3. The van der Waals surface area contributed by atoms with Gasteiger partial charge in [0.15, 0.2) is 0 Å². The van der Waals surface area contributed by atoms with E-state index in [1.54, 1.807) is 0 Å². The van der Waals surface area contributed by atoms with Crippen LogP contribution in [0.3, 0.4) is 0 Å². The van der Waals surface area contributed by atoms with Gasteiger partial charge in [0.1, 0.15) is 0 Å². The van der Waals surface area contributed by atoms with Gasteiger partial charge in [0, 0.05) is 24.3 Å². The number of aromatic nitrogens is 2. The molecular formula is C18H27N3. The first-order valence-electron chi connectivity index (χ1n) is 8.00. The minimum atomic E-state index is 0.935. The van der Waals surface area contributed by atoms with Crippen molar-refractivity contribution in [2.45, 2.75) is 53.1 Å². The summed E-state index contributed by atoms with van der Waals surface area (Å²) in [6.45, 7) is 9.49. The van der Waals surface area contributed by atoms with Crippen molar-refractivity contribution in [3.8, 4) is 0 Å². The van der Waals surface area contributed by atoms with Crippen LogP contribution in [0.15, 0.2) is 30.3 Å². The van der Waals surface area contributed by atoms with Gasteiger partial charge in [-0.05, 0) is 45.2 Å². The largest absolute Gasteiger partial charge is 0.313 e. The van der Waals surface area contributed by atoms with Crippen molar-refractivity contribution in [2.24, 2.45) is 0 Å². The summed E-state index contributed by atoms with van der Waals surface area (Å²) in [5, 5.41) is 8.17. The maximum atomic E-state index is 4.70. The number of benzene rings is 1. The fourth-order valence-electron chi connectivity index (χ4n) is 2.68. The number of hydrogen-bond donors (Lipinski definition) is 1. The van der Waals surface area contributed by atoms with E-state index in [2.05, 4.69) is 61.1 Å². The molecule has 2 aromatic rings. The Bertz CT molecular complexity index is 543. The van der Waals surface area contributed by atoms with E-state index in [0.29, 0.717) is 0 Å². The van der Waals surface area contributed by atoms with Crippen molar-refractivity contribution in [1.29, 1.82) is 0 Å². The molecular weight excluding hydrogens is 258 g/mol. The summed E-state index contributed by atoms with van der Waals surface area (Å²) in [5.41, 5.74) is 5.24. The lowest BCUT2D eigenvalue weighted by Gasteiger charge is -2.06. The first-order chi connectivity index (χ1) is 10.2. The summed E-state index contributed by atoms with van der Waals surface area (Å²) < 4.78 is 2.17. The van der Waals surface area contributed by atoms with Crippen molar-refractivity contribution in [3.05, 3.63) is 52.8 Å². The SMILES string of the molecule is CCCNCc1c(C)nn(CCCc2ccccc2)c1C. The monoisotopic (exact) mass is 285 g/mol. The number of nitrogens with one attached hydrogen (secondary N) is 1. The van der Waals surface area contributed by atoms with Gasteiger partial charge in [-0.2, -0.15) is 5.10 Å². The maximum absolute atomic E-state index is 4.70. The topological polar surface area (TPSA) is 29.9 Å². The molecule has 0 aliphatic rings. The zero-order valence-corrected chi connectivity index (χ0v) is 13.5. The summed E-state index contributed by atoms with van der Waals surface area (Å²) in [6, 6.07) is 10.7. The van der Waals surface area contributed by atoms with Crippen LogP contribution in [0, 0.1) is 13.8 Å². The average molecular weight is 285 g/mol. The van der Waals surface area contributed by atoms with E-state index in [0.717, 1.165) is 38.2 Å². The molecule has 0 saturated heterocycles. The van der Waals surface area contributed by atoms with Crippen LogP contribution in [0.4, 0.5) is 0 Å². The number of nitrogens with zero attached hydrogens (tertiary/aromatic N) is 2. The Morgan fingerprint density at radius 2 is 1.90 bits per heavy atom. The summed E-state index contributed by atoms with van der Waals surface area (Å²) in [5.74, 6) is 0. The molecule has 21 heavy (non-hydrogen) atoms. The molecule has 2 rings (SSSR count). The molecule has 1 aromatic carbocycles. The zero-order valence-electron chi connectivity index (χ0n) is 13.5. The molecule has 0 aliphatic heterocycles. The van der Waals surface area contributed by atoms with Crippen molar-refractivity contribution in [2.75, 3.05) is 6.54 Å². The lowest BCUT2D eigenvalue weighted by Crippen LogP contribution is -2.15. The van der Waals surface area contributed by atoms with Crippen LogP contribution < -0.4 is 5.32 Å². The van der Waals surface area contributed by atoms with Crippen molar-refractivity contribution < 1.29 is 0 Å². The molecule has 114 valence electrons. The Kier molecular flexibility index (Phi) is 6.00. The van der Waals surface area contributed by atoms with E-state index in [4.69, 9.17) is 5.10 Å². The average Bonchev–Trinajstić information content (AvgIpc) is 2.76. The van der Waals surface area contributed by atoms with Gasteiger partial charge in [0.2, 0.25) is 0 Å². The third-order valence-electron chi connectivity index (χ3n) is 3.94. The predicted molar refractivity (Wildman–Crippen MR) is 88.5 cm³/mol. The minimum Gasteiger partial charge on any atom is -0.313 e. The number of rotatable bonds is 8. The second-order valence-corrected chi connectivity index (χ2v) is 5.64. The Hall–Kier alpha value is -1.61. The summed E-state index contributed by atoms with van der Waals surface area (Å²) in [4.78, 5) is 0. The highest BCUT2D eigenvalue weighted by Crippen LogP contribution is 2.14. The quantitative estimate of drug-likeness (QED) is 0.751. The molecule has 0 atom stereocenters. The van der Waals surface area contributed by atoms with Crippen LogP contribution in [0.5, 0.6) is 0 Å². The van der Waals surface area contributed by atoms with E-state index >= 15 is 0 Å². The Morgan fingerprint density at radius 1 is 1.14 bits per heavy atom. The highest BCUT2D eigenvalue weighted by Gasteiger charge is 2.10. The van der Waals surface area contributed by atoms with Crippen LogP contribution in [-0.4, -0.2) is 16.3 Å². The van der Waals surface area contributed by atoms with Crippen LogP contribution in [0.1, 0.15) is 42.3 Å². The second kappa shape index (κ2) is 7.99. The highest BCUT2D eigenvalue weighted by atomic mass is 15.3. The summed E-state index contributed by atoms with van der Waals surface area (Å²) in [7, 11) is 0. The normalized spacial score (nSPS) is 11.0. The van der Waals surface area contributed by atoms with Crippen LogP contribution >= 0.6 is 0 Å². The van der Waals surface area contributed by atoms with E-state index in [-0.39, 0.29) is 0 Å². The molecule has 3 nitrogen and oxygen atoms in total. The predicted octanol–water partition coefficient (Wildman–Crippen LogP) is 3.63. The lowest BCUT2D eigenvalue weighted by atomic mass is 10.1. The third kappa shape index (κ3) is 4.43. The fourth-order valence-corrected chi connectivity index (χ4v) is 2.68. The van der Waals surface area contributed by atoms with E-state index in [9.17, 15) is 0 Å². The maximum Gasteiger partial charge on any atom is 0.0641 e. The Labute approximate surface area is 128 Å². The van der Waals surface area contributed by atoms with Crippen LogP contribution in [0.2, 0.25) is 0 Å². The first-order valence-corrected chi connectivity index (χ1v) is 8.00. The molecule has 3 heteroatoms. The Morgan fingerprint density at radius 3 is 2.62 bits per heavy atom. The van der Waals surface area contributed by atoms with Gasteiger partial charge in [-0.25, -0.2) is 0 Å². The Balaban J connectivity index is 1.90. The van der Waals surface area contributed by atoms with Crippen molar-refractivity contribution in [1.82, 2.24) is 15.1 Å². The van der Waals surface area contributed by atoms with Crippen molar-refractivity contribution >= 4 is 0 Å². The number of hydrogen-bond acceptors (Lipinski definition) is 2. The summed E-state index contributed by atoms with van der Waals surface area (Å²) in [6.07, 6.45) is 3.42. The molecule has 1 heterocycles. The molecule has 1 aromatic heterocycles. The molecule has 0 saturated carbocycles. The van der Waals surface area contributed by atoms with Gasteiger partial charge in [0.25, 0.3) is 0 Å². The summed E-state index contributed by atoms with van der Waals surface area (Å²) >= 11 is 0. The molecule has 0 spiro atoms.